The minimum Gasteiger partial charge on any atom is -0.494 e. The van der Waals surface area contributed by atoms with Crippen LogP contribution in [0.2, 0.25) is 0 Å². The maximum atomic E-state index is 11.4. The van der Waals surface area contributed by atoms with Gasteiger partial charge >= 0.3 is 6.09 Å². The molecule has 2 aromatic carbocycles. The van der Waals surface area contributed by atoms with Gasteiger partial charge in [0.25, 0.3) is 0 Å². The standard InChI is InChI=1S/C24H29N3O3/c1-3-29-23-12-7-19(18-6-4-5-17(13-18)15-25)14-20(23)16-27-21-8-10-22(11-9-21)30-24(28)26-2/h4-7,12-14,21-22,27H,3,8-11,16H2,1-2H3,(H,26,28). The minimum absolute atomic E-state index is 0.00211. The second-order valence-corrected chi connectivity index (χ2v) is 7.46. The number of carbonyl (C=O) groups excluding carboxylic acids is 1. The van der Waals surface area contributed by atoms with Crippen LogP contribution in [-0.4, -0.2) is 31.9 Å². The number of amides is 1. The highest BCUT2D eigenvalue weighted by Gasteiger charge is 2.23. The topological polar surface area (TPSA) is 83.4 Å². The normalized spacial score (nSPS) is 18.3. The SMILES string of the molecule is CCOc1ccc(-c2cccc(C#N)c2)cc1CNC1CCC(OC(=O)NC)CC1. The summed E-state index contributed by atoms with van der Waals surface area (Å²) in [5, 5.41) is 15.3. The van der Waals surface area contributed by atoms with Crippen LogP contribution in [0.1, 0.15) is 43.7 Å². The maximum Gasteiger partial charge on any atom is 0.407 e. The van der Waals surface area contributed by atoms with Gasteiger partial charge in [0.2, 0.25) is 0 Å². The molecular weight excluding hydrogens is 378 g/mol. The molecule has 0 aromatic heterocycles. The van der Waals surface area contributed by atoms with Crippen LogP contribution in [0.25, 0.3) is 11.1 Å². The smallest absolute Gasteiger partial charge is 0.407 e. The van der Waals surface area contributed by atoms with Crippen LogP contribution in [0.5, 0.6) is 5.75 Å². The molecule has 0 heterocycles. The van der Waals surface area contributed by atoms with E-state index < -0.39 is 0 Å². The van der Waals surface area contributed by atoms with Crippen LogP contribution in [-0.2, 0) is 11.3 Å². The first kappa shape index (κ1) is 21.7. The van der Waals surface area contributed by atoms with Gasteiger partial charge in [-0.05, 0) is 68.0 Å². The van der Waals surface area contributed by atoms with Gasteiger partial charge < -0.3 is 20.1 Å². The molecule has 1 fully saturated rings. The van der Waals surface area contributed by atoms with Crippen LogP contribution in [0.4, 0.5) is 4.79 Å². The lowest BCUT2D eigenvalue weighted by Gasteiger charge is -2.29. The molecule has 30 heavy (non-hydrogen) atoms. The fourth-order valence-corrected chi connectivity index (χ4v) is 3.81. The van der Waals surface area contributed by atoms with Crippen molar-refractivity contribution in [2.75, 3.05) is 13.7 Å². The fourth-order valence-electron chi connectivity index (χ4n) is 3.81. The van der Waals surface area contributed by atoms with E-state index in [0.29, 0.717) is 24.8 Å². The summed E-state index contributed by atoms with van der Waals surface area (Å²) in [7, 11) is 1.58. The van der Waals surface area contributed by atoms with Gasteiger partial charge in [-0.15, -0.1) is 0 Å². The highest BCUT2D eigenvalue weighted by Crippen LogP contribution is 2.28. The third-order valence-electron chi connectivity index (χ3n) is 5.42. The second kappa shape index (κ2) is 10.7. The number of rotatable bonds is 7. The van der Waals surface area contributed by atoms with Crippen molar-refractivity contribution in [2.24, 2.45) is 0 Å². The lowest BCUT2D eigenvalue weighted by atomic mass is 9.92. The molecule has 2 aromatic rings. The summed E-state index contributed by atoms with van der Waals surface area (Å²) in [6.45, 7) is 3.29. The Bertz CT molecular complexity index is 899. The van der Waals surface area contributed by atoms with E-state index in [2.05, 4.69) is 22.8 Å². The lowest BCUT2D eigenvalue weighted by Crippen LogP contribution is -2.36. The zero-order chi connectivity index (χ0) is 21.3. The average molecular weight is 408 g/mol. The first-order chi connectivity index (χ1) is 14.6. The summed E-state index contributed by atoms with van der Waals surface area (Å²) in [6.07, 6.45) is 3.31. The summed E-state index contributed by atoms with van der Waals surface area (Å²) < 4.78 is 11.2. The first-order valence-electron chi connectivity index (χ1n) is 10.5. The predicted molar refractivity (Wildman–Crippen MR) is 116 cm³/mol. The van der Waals surface area contributed by atoms with Crippen molar-refractivity contribution in [1.29, 1.82) is 5.26 Å². The summed E-state index contributed by atoms with van der Waals surface area (Å²) in [5.41, 5.74) is 3.83. The summed E-state index contributed by atoms with van der Waals surface area (Å²) >= 11 is 0. The van der Waals surface area contributed by atoms with Crippen LogP contribution in [0.3, 0.4) is 0 Å². The van der Waals surface area contributed by atoms with Crippen LogP contribution >= 0.6 is 0 Å². The molecule has 1 amide bonds. The molecule has 158 valence electrons. The van der Waals surface area contributed by atoms with E-state index in [1.165, 1.54) is 0 Å². The van der Waals surface area contributed by atoms with E-state index >= 15 is 0 Å². The predicted octanol–water partition coefficient (Wildman–Crippen LogP) is 4.38. The average Bonchev–Trinajstić information content (AvgIpc) is 2.79. The highest BCUT2D eigenvalue weighted by molar-refractivity contribution is 5.67. The van der Waals surface area contributed by atoms with E-state index in [9.17, 15) is 10.1 Å². The van der Waals surface area contributed by atoms with Gasteiger partial charge in [0, 0.05) is 25.2 Å². The molecule has 6 heteroatoms. The Balaban J connectivity index is 1.66. The van der Waals surface area contributed by atoms with Crippen molar-refractivity contribution in [3.05, 3.63) is 53.6 Å². The number of nitrogens with one attached hydrogen (secondary N) is 2. The molecule has 3 rings (SSSR count). The Morgan fingerprint density at radius 2 is 1.90 bits per heavy atom. The minimum atomic E-state index is -0.356. The summed E-state index contributed by atoms with van der Waals surface area (Å²) in [4.78, 5) is 11.4. The molecule has 0 saturated heterocycles. The molecule has 0 bridgehead atoms. The molecule has 0 atom stereocenters. The molecule has 6 nitrogen and oxygen atoms in total. The second-order valence-electron chi connectivity index (χ2n) is 7.46. The molecule has 0 unspecified atom stereocenters. The van der Waals surface area contributed by atoms with Crippen molar-refractivity contribution in [3.8, 4) is 22.9 Å². The van der Waals surface area contributed by atoms with Crippen molar-refractivity contribution in [2.45, 2.75) is 51.3 Å². The molecule has 0 aliphatic heterocycles. The van der Waals surface area contributed by atoms with Crippen LogP contribution in [0, 0.1) is 11.3 Å². The number of alkyl carbamates (subject to hydrolysis) is 1. The molecule has 1 aliphatic rings. The van der Waals surface area contributed by atoms with E-state index in [1.807, 2.05) is 43.3 Å². The van der Waals surface area contributed by atoms with Gasteiger partial charge in [0.1, 0.15) is 11.9 Å². The van der Waals surface area contributed by atoms with Gasteiger partial charge in [-0.1, -0.05) is 18.2 Å². The Morgan fingerprint density at radius 1 is 1.13 bits per heavy atom. The molecular formula is C24H29N3O3. The monoisotopic (exact) mass is 407 g/mol. The van der Waals surface area contributed by atoms with Crippen molar-refractivity contribution in [1.82, 2.24) is 10.6 Å². The van der Waals surface area contributed by atoms with E-state index in [4.69, 9.17) is 9.47 Å². The Morgan fingerprint density at radius 3 is 2.60 bits per heavy atom. The van der Waals surface area contributed by atoms with Crippen LogP contribution < -0.4 is 15.4 Å². The Hall–Kier alpha value is -3.04. The maximum absolute atomic E-state index is 11.4. The van der Waals surface area contributed by atoms with E-state index in [1.54, 1.807) is 7.05 Å². The highest BCUT2D eigenvalue weighted by atomic mass is 16.6. The summed E-state index contributed by atoms with van der Waals surface area (Å²) in [5.74, 6) is 0.877. The largest absolute Gasteiger partial charge is 0.494 e. The third kappa shape index (κ3) is 5.74. The number of carbonyl (C=O) groups is 1. The molecule has 1 saturated carbocycles. The van der Waals surface area contributed by atoms with Gasteiger partial charge in [-0.25, -0.2) is 4.79 Å². The number of ether oxygens (including phenoxy) is 2. The molecule has 0 radical (unpaired) electrons. The van der Waals surface area contributed by atoms with E-state index in [-0.39, 0.29) is 12.2 Å². The van der Waals surface area contributed by atoms with Gasteiger partial charge in [0.05, 0.1) is 18.2 Å². The molecule has 2 N–H and O–H groups in total. The third-order valence-corrected chi connectivity index (χ3v) is 5.42. The van der Waals surface area contributed by atoms with Gasteiger partial charge in [0.15, 0.2) is 0 Å². The van der Waals surface area contributed by atoms with E-state index in [0.717, 1.165) is 48.1 Å². The fraction of sp³-hybridized carbons (Fsp3) is 0.417. The van der Waals surface area contributed by atoms with Crippen molar-refractivity contribution < 1.29 is 14.3 Å². The molecule has 0 spiro atoms. The number of nitriles is 1. The number of nitrogens with zero attached hydrogens (tertiary/aromatic N) is 1. The lowest BCUT2D eigenvalue weighted by molar-refractivity contribution is 0.0701. The van der Waals surface area contributed by atoms with Crippen molar-refractivity contribution >= 4 is 6.09 Å². The number of hydrogen-bond acceptors (Lipinski definition) is 5. The molecule has 1 aliphatic carbocycles. The van der Waals surface area contributed by atoms with Crippen LogP contribution in [0.15, 0.2) is 42.5 Å². The zero-order valence-electron chi connectivity index (χ0n) is 17.6. The summed E-state index contributed by atoms with van der Waals surface area (Å²) in [6, 6.07) is 16.4. The van der Waals surface area contributed by atoms with Gasteiger partial charge in [-0.3, -0.25) is 0 Å². The quantitative estimate of drug-likeness (QED) is 0.712. The van der Waals surface area contributed by atoms with Crippen molar-refractivity contribution in [3.63, 3.8) is 0 Å². The van der Waals surface area contributed by atoms with Gasteiger partial charge in [-0.2, -0.15) is 5.26 Å². The first-order valence-corrected chi connectivity index (χ1v) is 10.5. The zero-order valence-corrected chi connectivity index (χ0v) is 17.6. The Labute approximate surface area is 178 Å². The number of benzene rings is 2. The Kier molecular flexibility index (Phi) is 7.69. The number of hydrogen-bond donors (Lipinski definition) is 2.